The lowest BCUT2D eigenvalue weighted by Crippen LogP contribution is -2.67. The first-order valence-electron chi connectivity index (χ1n) is 5.87. The lowest BCUT2D eigenvalue weighted by atomic mass is 10.2. The number of nitrogens with zero attached hydrogens (tertiary/aromatic N) is 3. The zero-order valence-electron chi connectivity index (χ0n) is 10.7. The molecule has 1 rings (SSSR count). The molecule has 0 fully saturated rings. The Labute approximate surface area is 112 Å². The summed E-state index contributed by atoms with van der Waals surface area (Å²) in [5.41, 5.74) is 20.3. The van der Waals surface area contributed by atoms with Crippen LogP contribution in [0.5, 0.6) is 0 Å². The Hall–Kier alpha value is -1.24. The van der Waals surface area contributed by atoms with E-state index in [1.54, 1.807) is 0 Å². The van der Waals surface area contributed by atoms with Gasteiger partial charge in [-0.3, -0.25) is 5.73 Å². The highest BCUT2D eigenvalue weighted by Crippen LogP contribution is 2.21. The van der Waals surface area contributed by atoms with Crippen LogP contribution in [0.4, 0.5) is 0 Å². The number of nitrogens with one attached hydrogen (secondary N) is 1. The molecule has 1 heterocycles. The molecule has 0 saturated heterocycles. The number of hydrogen-bond donors (Lipinski definition) is 7. The summed E-state index contributed by atoms with van der Waals surface area (Å²) in [6.45, 7) is 2.39. The van der Waals surface area contributed by atoms with Crippen molar-refractivity contribution in [2.24, 2.45) is 27.2 Å². The van der Waals surface area contributed by atoms with E-state index >= 15 is 0 Å². The van der Waals surface area contributed by atoms with E-state index < -0.39 is 14.6 Å². The fourth-order valence-electron chi connectivity index (χ4n) is 1.77. The maximum absolute atomic E-state index is 8.98. The topological polar surface area (TPSA) is 179 Å². The van der Waals surface area contributed by atoms with Crippen molar-refractivity contribution in [2.75, 3.05) is 6.54 Å². The summed E-state index contributed by atoms with van der Waals surface area (Å²) in [6.07, 6.45) is 0.464. The summed E-state index contributed by atoms with van der Waals surface area (Å²) in [7, 11) is -4.08. The lowest BCUT2D eigenvalue weighted by Gasteiger charge is -2.40. The third-order valence-electron chi connectivity index (χ3n) is 2.53. The second-order valence-corrected chi connectivity index (χ2v) is 6.34. The Balaban J connectivity index is 2.77. The second-order valence-electron chi connectivity index (χ2n) is 4.29. The van der Waals surface area contributed by atoms with Gasteiger partial charge in [0.1, 0.15) is 0 Å². The Bertz CT molecular complexity index is 383. The third kappa shape index (κ3) is 4.41. The fraction of sp³-hybridized carbons (Fsp3) is 0.750. The molecule has 10 N–H and O–H groups in total. The van der Waals surface area contributed by atoms with Crippen LogP contribution >= 0.6 is 0 Å². The first-order valence-corrected chi connectivity index (χ1v) is 7.92. The van der Waals surface area contributed by atoms with Crippen molar-refractivity contribution in [2.45, 2.75) is 31.6 Å². The molecule has 0 aromatic heterocycles. The highest BCUT2D eigenvalue weighted by Gasteiger charge is 2.38. The molecule has 0 aromatic rings. The smallest absolute Gasteiger partial charge is 0.390 e. The summed E-state index contributed by atoms with van der Waals surface area (Å²) in [5, 5.41) is 1.37. The first kappa shape index (κ1) is 15.8. The van der Waals surface area contributed by atoms with Gasteiger partial charge in [-0.1, -0.05) is 6.92 Å². The van der Waals surface area contributed by atoms with Gasteiger partial charge in [0.05, 0.1) is 0 Å². The van der Waals surface area contributed by atoms with E-state index in [0.29, 0.717) is 6.54 Å². The van der Waals surface area contributed by atoms with Crippen LogP contribution in [-0.2, 0) is 0 Å². The van der Waals surface area contributed by atoms with Gasteiger partial charge in [0.25, 0.3) is 0 Å². The van der Waals surface area contributed by atoms with E-state index in [1.807, 2.05) is 6.92 Å². The van der Waals surface area contributed by atoms with Gasteiger partial charge in [-0.2, -0.15) is 4.99 Å². The minimum absolute atomic E-state index is 0.0466. The van der Waals surface area contributed by atoms with Gasteiger partial charge in [0.15, 0.2) is 0 Å². The molecule has 0 saturated carbocycles. The van der Waals surface area contributed by atoms with E-state index in [0.717, 1.165) is 0 Å². The number of hydrazine groups is 1. The van der Waals surface area contributed by atoms with E-state index in [4.69, 9.17) is 31.6 Å². The number of nitrogens with two attached hydrogens (primary N) is 3. The molecule has 10 nitrogen and oxygen atoms in total. The van der Waals surface area contributed by atoms with E-state index in [-0.39, 0.29) is 30.8 Å². The summed E-state index contributed by atoms with van der Waals surface area (Å²) in [6, 6.07) is -0.140. The maximum Gasteiger partial charge on any atom is 0.492 e. The molecule has 1 unspecified atom stereocenters. The Morgan fingerprint density at radius 3 is 2.53 bits per heavy atom. The highest BCUT2D eigenvalue weighted by molar-refractivity contribution is 6.56. The van der Waals surface area contributed by atoms with Crippen LogP contribution in [0.25, 0.3) is 0 Å². The summed E-state index contributed by atoms with van der Waals surface area (Å²) in [4.78, 5) is 34.8. The summed E-state index contributed by atoms with van der Waals surface area (Å²) < 4.78 is 0. The second kappa shape index (κ2) is 5.81. The van der Waals surface area contributed by atoms with Crippen molar-refractivity contribution in [3.8, 4) is 0 Å². The van der Waals surface area contributed by atoms with E-state index in [2.05, 4.69) is 15.4 Å². The monoisotopic (exact) mass is 291 g/mol. The molecular formula is C8H21N7O3Si. The maximum atomic E-state index is 8.98. The molecular weight excluding hydrogens is 270 g/mol. The fourth-order valence-corrected chi connectivity index (χ4v) is 2.42. The first-order chi connectivity index (χ1) is 8.68. The van der Waals surface area contributed by atoms with Gasteiger partial charge in [0, 0.05) is 19.0 Å². The predicted octanol–water partition coefficient (Wildman–Crippen LogP) is -3.24. The quantitative estimate of drug-likeness (QED) is 0.249. The Morgan fingerprint density at radius 1 is 1.37 bits per heavy atom. The van der Waals surface area contributed by atoms with Crippen LogP contribution in [-0.4, -0.2) is 52.5 Å². The average molecular weight is 291 g/mol. The van der Waals surface area contributed by atoms with Crippen LogP contribution in [0.15, 0.2) is 9.98 Å². The van der Waals surface area contributed by atoms with Crippen molar-refractivity contribution in [3.05, 3.63) is 0 Å². The summed E-state index contributed by atoms with van der Waals surface area (Å²) >= 11 is 0. The largest absolute Gasteiger partial charge is 0.492 e. The van der Waals surface area contributed by atoms with Crippen molar-refractivity contribution >= 4 is 20.7 Å². The van der Waals surface area contributed by atoms with E-state index in [9.17, 15) is 0 Å². The number of aliphatic imine (C=N–C) groups is 2. The minimum atomic E-state index is -4.08. The molecule has 0 radical (unpaired) electrons. The van der Waals surface area contributed by atoms with Crippen molar-refractivity contribution < 1.29 is 14.4 Å². The summed E-state index contributed by atoms with van der Waals surface area (Å²) in [5.74, 6) is -1.24. The van der Waals surface area contributed by atoms with Gasteiger partial charge in [0.2, 0.25) is 17.7 Å². The lowest BCUT2D eigenvalue weighted by molar-refractivity contribution is 0.111. The average Bonchev–Trinajstić information content (AvgIpc) is 2.21. The molecule has 0 aliphatic carbocycles. The number of hydrogen-bond acceptors (Lipinski definition) is 10. The molecule has 0 bridgehead atoms. The molecule has 11 heteroatoms. The van der Waals surface area contributed by atoms with Crippen molar-refractivity contribution in [3.63, 3.8) is 0 Å². The molecule has 1 atom stereocenters. The Kier molecular flexibility index (Phi) is 4.84. The SMILES string of the molecule is CCNN1C(N)=NC(N)=NC1(N)CCC[Si](O)(O)O. The molecule has 0 spiro atoms. The number of rotatable bonds is 6. The van der Waals surface area contributed by atoms with Crippen LogP contribution < -0.4 is 22.6 Å². The van der Waals surface area contributed by atoms with Crippen LogP contribution in [0, 0.1) is 0 Å². The predicted molar refractivity (Wildman–Crippen MR) is 72.1 cm³/mol. The van der Waals surface area contributed by atoms with Gasteiger partial charge >= 0.3 is 8.80 Å². The Morgan fingerprint density at radius 2 is 2.00 bits per heavy atom. The van der Waals surface area contributed by atoms with Gasteiger partial charge < -0.3 is 25.9 Å². The van der Waals surface area contributed by atoms with Gasteiger partial charge in [-0.15, -0.1) is 0 Å². The van der Waals surface area contributed by atoms with Crippen molar-refractivity contribution in [1.82, 2.24) is 10.4 Å². The molecule has 0 amide bonds. The van der Waals surface area contributed by atoms with E-state index in [1.165, 1.54) is 5.01 Å². The number of guanidine groups is 2. The highest BCUT2D eigenvalue weighted by atomic mass is 28.4. The normalized spacial score (nSPS) is 24.2. The molecule has 110 valence electrons. The van der Waals surface area contributed by atoms with Crippen LogP contribution in [0.2, 0.25) is 6.04 Å². The van der Waals surface area contributed by atoms with Gasteiger partial charge in [-0.05, 0) is 6.42 Å². The molecule has 0 aromatic carbocycles. The molecule has 19 heavy (non-hydrogen) atoms. The standard InChI is InChI=1S/C8H21N7O3Si/c1-2-12-15-7(10)13-6(9)14-8(15,11)4-3-5-19(16,17)18/h12,16-18H,2-5,11H2,1H3,(H4,9,10,13,14). The molecule has 1 aliphatic rings. The van der Waals surface area contributed by atoms with Crippen LogP contribution in [0.1, 0.15) is 19.8 Å². The van der Waals surface area contributed by atoms with Crippen molar-refractivity contribution in [1.29, 1.82) is 0 Å². The minimum Gasteiger partial charge on any atom is -0.390 e. The zero-order valence-corrected chi connectivity index (χ0v) is 11.7. The molecule has 1 aliphatic heterocycles. The van der Waals surface area contributed by atoms with Crippen LogP contribution in [0.3, 0.4) is 0 Å². The van der Waals surface area contributed by atoms with Gasteiger partial charge in [-0.25, -0.2) is 15.4 Å². The third-order valence-corrected chi connectivity index (χ3v) is 3.55. The zero-order chi connectivity index (χ0) is 14.7.